The molecule has 14 heavy (non-hydrogen) atoms. The molecule has 1 atom stereocenters. The molecule has 0 saturated carbocycles. The lowest BCUT2D eigenvalue weighted by atomic mass is 9.98. The molecule has 1 N–H and O–H groups in total. The molecule has 0 bridgehead atoms. The largest absolute Gasteiger partial charge is 0.310 e. The zero-order chi connectivity index (χ0) is 9.97. The standard InChI is InChI=1S/C11H13BrClN/c12-9-7-8(4-5-10(9)13)11-3-1-2-6-14-11/h4-5,7,11,14H,1-3,6H2/t11-/m1/s1. The third-order valence-electron chi connectivity index (χ3n) is 2.66. The van der Waals surface area contributed by atoms with E-state index in [0.717, 1.165) is 16.0 Å². The summed E-state index contributed by atoms with van der Waals surface area (Å²) in [7, 11) is 0. The van der Waals surface area contributed by atoms with Gasteiger partial charge in [-0.15, -0.1) is 0 Å². The highest BCUT2D eigenvalue weighted by molar-refractivity contribution is 9.10. The van der Waals surface area contributed by atoms with Crippen LogP contribution in [0.15, 0.2) is 22.7 Å². The normalized spacial score (nSPS) is 22.3. The Balaban J connectivity index is 2.18. The highest BCUT2D eigenvalue weighted by Crippen LogP contribution is 2.29. The van der Waals surface area contributed by atoms with Crippen molar-refractivity contribution in [1.82, 2.24) is 5.32 Å². The predicted molar refractivity (Wildman–Crippen MR) is 63.7 cm³/mol. The molecule has 1 aliphatic heterocycles. The number of nitrogens with one attached hydrogen (secondary N) is 1. The maximum absolute atomic E-state index is 5.95. The second-order valence-corrected chi connectivity index (χ2v) is 4.94. The van der Waals surface area contributed by atoms with E-state index in [4.69, 9.17) is 11.6 Å². The molecule has 0 unspecified atom stereocenters. The van der Waals surface area contributed by atoms with Crippen molar-refractivity contribution in [2.45, 2.75) is 25.3 Å². The molecule has 0 aliphatic carbocycles. The maximum atomic E-state index is 5.95. The van der Waals surface area contributed by atoms with Gasteiger partial charge in [0.05, 0.1) is 5.02 Å². The van der Waals surface area contributed by atoms with Crippen LogP contribution in [0, 0.1) is 0 Å². The molecule has 76 valence electrons. The summed E-state index contributed by atoms with van der Waals surface area (Å²) in [6.07, 6.45) is 3.84. The van der Waals surface area contributed by atoms with Crippen LogP contribution in [0.5, 0.6) is 0 Å². The lowest BCUT2D eigenvalue weighted by molar-refractivity contribution is 0.412. The zero-order valence-electron chi connectivity index (χ0n) is 7.89. The van der Waals surface area contributed by atoms with Crippen molar-refractivity contribution in [2.24, 2.45) is 0 Å². The summed E-state index contributed by atoms with van der Waals surface area (Å²) in [6.45, 7) is 1.13. The number of hydrogen-bond donors (Lipinski definition) is 1. The van der Waals surface area contributed by atoms with Crippen LogP contribution >= 0.6 is 27.5 Å². The quantitative estimate of drug-likeness (QED) is 0.818. The lowest BCUT2D eigenvalue weighted by Gasteiger charge is -2.24. The maximum Gasteiger partial charge on any atom is 0.0548 e. The van der Waals surface area contributed by atoms with Crippen molar-refractivity contribution < 1.29 is 0 Å². The molecular formula is C11H13BrClN. The fourth-order valence-corrected chi connectivity index (χ4v) is 2.38. The van der Waals surface area contributed by atoms with E-state index in [0.29, 0.717) is 6.04 Å². The van der Waals surface area contributed by atoms with Crippen LogP contribution in [0.3, 0.4) is 0 Å². The van der Waals surface area contributed by atoms with Gasteiger partial charge in [0.15, 0.2) is 0 Å². The van der Waals surface area contributed by atoms with Gasteiger partial charge >= 0.3 is 0 Å². The van der Waals surface area contributed by atoms with E-state index in [1.807, 2.05) is 6.07 Å². The third-order valence-corrected chi connectivity index (χ3v) is 3.87. The van der Waals surface area contributed by atoms with Gasteiger partial charge in [-0.05, 0) is 53.0 Å². The number of piperidine rings is 1. The molecule has 3 heteroatoms. The second kappa shape index (κ2) is 4.65. The number of benzene rings is 1. The Morgan fingerprint density at radius 3 is 2.86 bits per heavy atom. The van der Waals surface area contributed by atoms with Gasteiger partial charge in [0.1, 0.15) is 0 Å². The molecule has 0 spiro atoms. The van der Waals surface area contributed by atoms with Crippen molar-refractivity contribution in [2.75, 3.05) is 6.54 Å². The van der Waals surface area contributed by atoms with Crippen LogP contribution in [0.1, 0.15) is 30.9 Å². The summed E-state index contributed by atoms with van der Waals surface area (Å²) in [5, 5.41) is 4.30. The van der Waals surface area contributed by atoms with Gasteiger partial charge < -0.3 is 5.32 Å². The van der Waals surface area contributed by atoms with E-state index in [1.165, 1.54) is 24.8 Å². The highest BCUT2D eigenvalue weighted by Gasteiger charge is 2.14. The van der Waals surface area contributed by atoms with Crippen molar-refractivity contribution >= 4 is 27.5 Å². The van der Waals surface area contributed by atoms with Crippen LogP contribution in [-0.4, -0.2) is 6.54 Å². The summed E-state index contributed by atoms with van der Waals surface area (Å²) in [4.78, 5) is 0. The second-order valence-electron chi connectivity index (χ2n) is 3.68. The summed E-state index contributed by atoms with van der Waals surface area (Å²) >= 11 is 9.41. The molecule has 0 radical (unpaired) electrons. The Hall–Kier alpha value is -0.0500. The van der Waals surface area contributed by atoms with E-state index < -0.39 is 0 Å². The van der Waals surface area contributed by atoms with Crippen LogP contribution in [-0.2, 0) is 0 Å². The smallest absolute Gasteiger partial charge is 0.0548 e. The van der Waals surface area contributed by atoms with Crippen LogP contribution in [0.4, 0.5) is 0 Å². The van der Waals surface area contributed by atoms with E-state index in [2.05, 4.69) is 33.4 Å². The Morgan fingerprint density at radius 2 is 2.21 bits per heavy atom. The Kier molecular flexibility index (Phi) is 3.47. The fraction of sp³-hybridized carbons (Fsp3) is 0.455. The molecule has 1 aromatic carbocycles. The van der Waals surface area contributed by atoms with E-state index in [9.17, 15) is 0 Å². The Bertz CT molecular complexity index is 321. The van der Waals surface area contributed by atoms with E-state index >= 15 is 0 Å². The van der Waals surface area contributed by atoms with Crippen molar-refractivity contribution in [1.29, 1.82) is 0 Å². The number of rotatable bonds is 1. The molecular weight excluding hydrogens is 261 g/mol. The predicted octanol–water partition coefficient (Wildman–Crippen LogP) is 3.92. The fourth-order valence-electron chi connectivity index (χ4n) is 1.87. The molecule has 1 heterocycles. The minimum absolute atomic E-state index is 0.511. The molecule has 1 aliphatic rings. The van der Waals surface area contributed by atoms with E-state index in [1.54, 1.807) is 0 Å². The Labute approximate surface area is 98.0 Å². The first-order valence-corrected chi connectivity index (χ1v) is 6.13. The first-order valence-electron chi connectivity index (χ1n) is 4.96. The first-order chi connectivity index (χ1) is 6.77. The number of hydrogen-bond acceptors (Lipinski definition) is 1. The number of halogens is 2. The summed E-state index contributed by atoms with van der Waals surface area (Å²) in [5.74, 6) is 0. The first kappa shape index (κ1) is 10.5. The van der Waals surface area contributed by atoms with Gasteiger partial charge in [-0.1, -0.05) is 24.1 Å². The molecule has 0 amide bonds. The SMILES string of the molecule is Clc1ccc([C@H]2CCCCN2)cc1Br. The van der Waals surface area contributed by atoms with Crippen LogP contribution < -0.4 is 5.32 Å². The molecule has 2 rings (SSSR count). The molecule has 1 fully saturated rings. The van der Waals surface area contributed by atoms with Gasteiger partial charge in [0.25, 0.3) is 0 Å². The average molecular weight is 275 g/mol. The van der Waals surface area contributed by atoms with Gasteiger partial charge in [-0.25, -0.2) is 0 Å². The molecule has 0 aromatic heterocycles. The van der Waals surface area contributed by atoms with Gasteiger partial charge in [-0.2, -0.15) is 0 Å². The van der Waals surface area contributed by atoms with Crippen LogP contribution in [0.2, 0.25) is 5.02 Å². The minimum Gasteiger partial charge on any atom is -0.310 e. The zero-order valence-corrected chi connectivity index (χ0v) is 10.2. The van der Waals surface area contributed by atoms with Gasteiger partial charge in [0, 0.05) is 10.5 Å². The van der Waals surface area contributed by atoms with Crippen LogP contribution in [0.25, 0.3) is 0 Å². The summed E-state index contributed by atoms with van der Waals surface area (Å²) in [5.41, 5.74) is 1.33. The minimum atomic E-state index is 0.511. The van der Waals surface area contributed by atoms with Crippen molar-refractivity contribution in [3.8, 4) is 0 Å². The van der Waals surface area contributed by atoms with Crippen molar-refractivity contribution in [3.63, 3.8) is 0 Å². The lowest BCUT2D eigenvalue weighted by Crippen LogP contribution is -2.26. The van der Waals surface area contributed by atoms with Crippen molar-refractivity contribution in [3.05, 3.63) is 33.3 Å². The average Bonchev–Trinajstić information content (AvgIpc) is 2.23. The van der Waals surface area contributed by atoms with Gasteiger partial charge in [0.2, 0.25) is 0 Å². The molecule has 1 saturated heterocycles. The molecule has 1 aromatic rings. The highest BCUT2D eigenvalue weighted by atomic mass is 79.9. The third kappa shape index (κ3) is 2.30. The summed E-state index contributed by atoms with van der Waals surface area (Å²) < 4.78 is 0.990. The van der Waals surface area contributed by atoms with Gasteiger partial charge in [-0.3, -0.25) is 0 Å². The molecule has 1 nitrogen and oxygen atoms in total. The topological polar surface area (TPSA) is 12.0 Å². The summed E-state index contributed by atoms with van der Waals surface area (Å²) in [6, 6.07) is 6.69. The Morgan fingerprint density at radius 1 is 1.36 bits per heavy atom. The monoisotopic (exact) mass is 273 g/mol. The van der Waals surface area contributed by atoms with E-state index in [-0.39, 0.29) is 0 Å².